The van der Waals surface area contributed by atoms with E-state index in [4.69, 9.17) is 11.6 Å². The Morgan fingerprint density at radius 2 is 1.68 bits per heavy atom. The van der Waals surface area contributed by atoms with E-state index in [9.17, 15) is 0 Å². The Kier molecular flexibility index (Phi) is 4.93. The van der Waals surface area contributed by atoms with Crippen molar-refractivity contribution in [2.75, 3.05) is 5.32 Å². The lowest BCUT2D eigenvalue weighted by atomic mass is 10.1. The molecule has 0 fully saturated rings. The maximum absolute atomic E-state index is 5.99. The van der Waals surface area contributed by atoms with Gasteiger partial charge < -0.3 is 5.32 Å². The summed E-state index contributed by atoms with van der Waals surface area (Å²) in [7, 11) is 0. The summed E-state index contributed by atoms with van der Waals surface area (Å²) in [5.74, 6) is 0. The molecule has 0 unspecified atom stereocenters. The summed E-state index contributed by atoms with van der Waals surface area (Å²) in [6.45, 7) is 4.99. The molecule has 0 spiro atoms. The molecule has 2 aromatic carbocycles. The number of nitrogens with one attached hydrogen (secondary N) is 1. The van der Waals surface area contributed by atoms with Gasteiger partial charge in [-0.1, -0.05) is 33.6 Å². The van der Waals surface area contributed by atoms with Gasteiger partial charge >= 0.3 is 0 Å². The van der Waals surface area contributed by atoms with Gasteiger partial charge in [-0.2, -0.15) is 0 Å². The normalized spacial score (nSPS) is 10.6. The topological polar surface area (TPSA) is 12.0 Å². The van der Waals surface area contributed by atoms with Crippen LogP contribution in [0.25, 0.3) is 0 Å². The molecule has 0 heterocycles. The third-order valence-electron chi connectivity index (χ3n) is 2.95. The van der Waals surface area contributed by atoms with Gasteiger partial charge in [0.05, 0.1) is 5.02 Å². The van der Waals surface area contributed by atoms with Crippen molar-refractivity contribution in [3.8, 4) is 0 Å². The number of benzene rings is 2. The predicted octanol–water partition coefficient (Wildman–Crippen LogP) is 6.09. The molecule has 1 N–H and O–H groups in total. The minimum absolute atomic E-state index is 0.736. The van der Waals surface area contributed by atoms with Crippen molar-refractivity contribution in [2.45, 2.75) is 20.4 Å². The SMILES string of the molecule is Cc1cc(Br)cc(C)c1NCc1ccc(Cl)c(Br)c1. The molecule has 0 atom stereocenters. The van der Waals surface area contributed by atoms with Crippen molar-refractivity contribution in [1.29, 1.82) is 0 Å². The van der Waals surface area contributed by atoms with Crippen LogP contribution in [0.2, 0.25) is 5.02 Å². The van der Waals surface area contributed by atoms with Crippen molar-refractivity contribution in [3.63, 3.8) is 0 Å². The number of halogens is 3. The van der Waals surface area contributed by atoms with Crippen molar-refractivity contribution in [3.05, 3.63) is 61.0 Å². The van der Waals surface area contributed by atoms with Gasteiger partial charge in [0.1, 0.15) is 0 Å². The molecule has 19 heavy (non-hydrogen) atoms. The molecule has 0 aliphatic heterocycles. The summed E-state index contributed by atoms with van der Waals surface area (Å²) in [6.07, 6.45) is 0. The quantitative estimate of drug-likeness (QED) is 0.653. The lowest BCUT2D eigenvalue weighted by Gasteiger charge is -2.14. The number of rotatable bonds is 3. The zero-order chi connectivity index (χ0) is 14.0. The molecular weight excluding hydrogens is 389 g/mol. The number of hydrogen-bond donors (Lipinski definition) is 1. The van der Waals surface area contributed by atoms with Crippen LogP contribution in [-0.4, -0.2) is 0 Å². The van der Waals surface area contributed by atoms with E-state index in [2.05, 4.69) is 63.2 Å². The van der Waals surface area contributed by atoms with Gasteiger partial charge in [-0.15, -0.1) is 0 Å². The first-order valence-corrected chi connectivity index (χ1v) is 7.88. The van der Waals surface area contributed by atoms with Crippen molar-refractivity contribution in [2.24, 2.45) is 0 Å². The zero-order valence-corrected chi connectivity index (χ0v) is 14.7. The van der Waals surface area contributed by atoms with E-state index in [1.165, 1.54) is 22.4 Å². The Labute approximate surface area is 135 Å². The van der Waals surface area contributed by atoms with Crippen LogP contribution in [0, 0.1) is 13.8 Å². The fourth-order valence-electron chi connectivity index (χ4n) is 2.03. The first-order valence-electron chi connectivity index (χ1n) is 5.92. The van der Waals surface area contributed by atoms with E-state index in [0.29, 0.717) is 0 Å². The minimum atomic E-state index is 0.736. The third kappa shape index (κ3) is 3.74. The van der Waals surface area contributed by atoms with E-state index in [-0.39, 0.29) is 0 Å². The van der Waals surface area contributed by atoms with Crippen molar-refractivity contribution < 1.29 is 0 Å². The molecule has 0 radical (unpaired) electrons. The smallest absolute Gasteiger partial charge is 0.0548 e. The molecule has 4 heteroatoms. The lowest BCUT2D eigenvalue weighted by Crippen LogP contribution is -2.03. The number of anilines is 1. The van der Waals surface area contributed by atoms with Crippen LogP contribution in [-0.2, 0) is 6.54 Å². The van der Waals surface area contributed by atoms with Crippen LogP contribution >= 0.6 is 43.5 Å². The predicted molar refractivity (Wildman–Crippen MR) is 90.1 cm³/mol. The lowest BCUT2D eigenvalue weighted by molar-refractivity contribution is 1.13. The van der Waals surface area contributed by atoms with Gasteiger partial charge in [-0.3, -0.25) is 0 Å². The Balaban J connectivity index is 2.16. The third-order valence-corrected chi connectivity index (χ3v) is 4.62. The maximum atomic E-state index is 5.99. The van der Waals surface area contributed by atoms with Crippen LogP contribution < -0.4 is 5.32 Å². The van der Waals surface area contributed by atoms with Gasteiger partial charge in [0, 0.05) is 21.2 Å². The van der Waals surface area contributed by atoms with E-state index in [1.54, 1.807) is 0 Å². The fraction of sp³-hybridized carbons (Fsp3) is 0.200. The van der Waals surface area contributed by atoms with Crippen LogP contribution in [0.5, 0.6) is 0 Å². The molecular formula is C15H14Br2ClN. The van der Waals surface area contributed by atoms with Gasteiger partial charge in [0.25, 0.3) is 0 Å². The molecule has 1 nitrogen and oxygen atoms in total. The summed E-state index contributed by atoms with van der Waals surface area (Å²) in [4.78, 5) is 0. The van der Waals surface area contributed by atoms with Gasteiger partial charge in [-0.05, 0) is 70.7 Å². The average Bonchev–Trinajstić information content (AvgIpc) is 2.32. The highest BCUT2D eigenvalue weighted by atomic mass is 79.9. The zero-order valence-electron chi connectivity index (χ0n) is 10.7. The highest BCUT2D eigenvalue weighted by Gasteiger charge is 2.05. The average molecular weight is 404 g/mol. The van der Waals surface area contributed by atoms with Gasteiger partial charge in [0.15, 0.2) is 0 Å². The van der Waals surface area contributed by atoms with E-state index >= 15 is 0 Å². The first kappa shape index (κ1) is 14.9. The first-order chi connectivity index (χ1) is 8.97. The van der Waals surface area contributed by atoms with Crippen LogP contribution in [0.1, 0.15) is 16.7 Å². The number of hydrogen-bond acceptors (Lipinski definition) is 1. The highest BCUT2D eigenvalue weighted by molar-refractivity contribution is 9.10. The Bertz CT molecular complexity index is 588. The van der Waals surface area contributed by atoms with Crippen LogP contribution in [0.3, 0.4) is 0 Å². The molecule has 2 aromatic rings. The molecule has 0 bridgehead atoms. The Hall–Kier alpha value is -0.510. The van der Waals surface area contributed by atoms with E-state index in [0.717, 1.165) is 20.5 Å². The molecule has 2 rings (SSSR count). The highest BCUT2D eigenvalue weighted by Crippen LogP contribution is 2.27. The second-order valence-corrected chi connectivity index (χ2v) is 6.69. The summed E-state index contributed by atoms with van der Waals surface area (Å²) in [5, 5.41) is 4.22. The van der Waals surface area contributed by atoms with Gasteiger partial charge in [-0.25, -0.2) is 0 Å². The molecule has 0 aromatic heterocycles. The summed E-state index contributed by atoms with van der Waals surface area (Å²) >= 11 is 13.0. The number of aryl methyl sites for hydroxylation is 2. The summed E-state index contributed by atoms with van der Waals surface area (Å²) in [6, 6.07) is 10.2. The standard InChI is InChI=1S/C15H14Br2ClN/c1-9-5-12(16)6-10(2)15(9)19-8-11-3-4-14(18)13(17)7-11/h3-7,19H,8H2,1-2H3. The summed E-state index contributed by atoms with van der Waals surface area (Å²) < 4.78 is 2.04. The van der Waals surface area contributed by atoms with Crippen molar-refractivity contribution in [1.82, 2.24) is 0 Å². The molecule has 100 valence electrons. The van der Waals surface area contributed by atoms with Crippen LogP contribution in [0.15, 0.2) is 39.3 Å². The van der Waals surface area contributed by atoms with Crippen LogP contribution in [0.4, 0.5) is 5.69 Å². The Morgan fingerprint density at radius 1 is 1.05 bits per heavy atom. The molecule has 0 amide bonds. The monoisotopic (exact) mass is 401 g/mol. The molecule has 0 saturated heterocycles. The van der Waals surface area contributed by atoms with E-state index in [1.807, 2.05) is 18.2 Å². The minimum Gasteiger partial charge on any atom is -0.381 e. The second-order valence-electron chi connectivity index (χ2n) is 4.52. The summed E-state index contributed by atoms with van der Waals surface area (Å²) in [5.41, 5.74) is 4.85. The molecule has 0 saturated carbocycles. The largest absolute Gasteiger partial charge is 0.381 e. The molecule has 0 aliphatic carbocycles. The molecule has 0 aliphatic rings. The fourth-order valence-corrected chi connectivity index (χ4v) is 3.26. The van der Waals surface area contributed by atoms with Crippen molar-refractivity contribution >= 4 is 49.1 Å². The van der Waals surface area contributed by atoms with E-state index < -0.39 is 0 Å². The maximum Gasteiger partial charge on any atom is 0.0548 e. The Morgan fingerprint density at radius 3 is 2.26 bits per heavy atom. The van der Waals surface area contributed by atoms with Gasteiger partial charge in [0.2, 0.25) is 0 Å². The second kappa shape index (κ2) is 6.29.